The van der Waals surface area contributed by atoms with E-state index in [1.54, 1.807) is 12.1 Å². The van der Waals surface area contributed by atoms with Gasteiger partial charge >= 0.3 is 0 Å². The van der Waals surface area contributed by atoms with Crippen molar-refractivity contribution < 1.29 is 4.39 Å². The number of nitrogens with one attached hydrogen (secondary N) is 2. The number of aryl methyl sites for hydroxylation is 1. The third-order valence-electron chi connectivity index (χ3n) is 4.14. The standard InChI is InChI=1S/C18H22FN5/c1-3-4-16(18-20-9-10-24(18)2)21-11-14-12-22-23-17(14)13-5-7-15(19)8-6-13/h5-10,12,16,21H,3-4,11H2,1-2H3,(H,22,23)/t16-/m0/s1. The van der Waals surface area contributed by atoms with Crippen LogP contribution in [0, 0.1) is 5.82 Å². The maximum atomic E-state index is 13.1. The van der Waals surface area contributed by atoms with Crippen LogP contribution in [0.4, 0.5) is 4.39 Å². The minimum Gasteiger partial charge on any atom is -0.337 e. The molecule has 0 amide bonds. The van der Waals surface area contributed by atoms with Crippen LogP contribution in [-0.2, 0) is 13.6 Å². The summed E-state index contributed by atoms with van der Waals surface area (Å²) in [5.74, 6) is 0.791. The number of aromatic nitrogens is 4. The third kappa shape index (κ3) is 3.54. The minimum atomic E-state index is -0.240. The van der Waals surface area contributed by atoms with Gasteiger partial charge < -0.3 is 9.88 Å². The quantitative estimate of drug-likeness (QED) is 0.697. The van der Waals surface area contributed by atoms with Crippen LogP contribution in [0.3, 0.4) is 0 Å². The molecule has 0 aliphatic heterocycles. The van der Waals surface area contributed by atoms with Crippen molar-refractivity contribution in [1.29, 1.82) is 0 Å². The average molecular weight is 327 g/mol. The molecular weight excluding hydrogens is 305 g/mol. The zero-order valence-electron chi connectivity index (χ0n) is 14.0. The topological polar surface area (TPSA) is 58.5 Å². The third-order valence-corrected chi connectivity index (χ3v) is 4.14. The van der Waals surface area contributed by atoms with Gasteiger partial charge in [0.15, 0.2) is 0 Å². The van der Waals surface area contributed by atoms with Crippen molar-refractivity contribution in [2.45, 2.75) is 32.4 Å². The molecule has 2 aromatic heterocycles. The molecule has 2 heterocycles. The second-order valence-corrected chi connectivity index (χ2v) is 5.90. The monoisotopic (exact) mass is 327 g/mol. The summed E-state index contributed by atoms with van der Waals surface area (Å²) >= 11 is 0. The first-order valence-corrected chi connectivity index (χ1v) is 8.17. The molecule has 0 bridgehead atoms. The van der Waals surface area contributed by atoms with E-state index in [-0.39, 0.29) is 11.9 Å². The van der Waals surface area contributed by atoms with Gasteiger partial charge in [-0.2, -0.15) is 5.10 Å². The van der Waals surface area contributed by atoms with E-state index in [0.29, 0.717) is 6.54 Å². The first-order valence-electron chi connectivity index (χ1n) is 8.17. The molecular formula is C18H22FN5. The predicted molar refractivity (Wildman–Crippen MR) is 91.7 cm³/mol. The van der Waals surface area contributed by atoms with Gasteiger partial charge in [-0.1, -0.05) is 13.3 Å². The van der Waals surface area contributed by atoms with E-state index in [9.17, 15) is 4.39 Å². The molecule has 1 atom stereocenters. The lowest BCUT2D eigenvalue weighted by atomic mass is 10.1. The highest BCUT2D eigenvalue weighted by Crippen LogP contribution is 2.23. The molecule has 0 saturated carbocycles. The Bertz CT molecular complexity index is 775. The molecule has 0 saturated heterocycles. The number of H-pyrrole nitrogens is 1. The molecule has 126 valence electrons. The number of aromatic amines is 1. The maximum absolute atomic E-state index is 13.1. The molecule has 0 spiro atoms. The molecule has 0 aliphatic carbocycles. The molecule has 6 heteroatoms. The lowest BCUT2D eigenvalue weighted by Crippen LogP contribution is -2.23. The summed E-state index contributed by atoms with van der Waals surface area (Å²) in [6.07, 6.45) is 7.67. The van der Waals surface area contributed by atoms with Gasteiger partial charge in [0.1, 0.15) is 11.6 Å². The second kappa shape index (κ2) is 7.40. The van der Waals surface area contributed by atoms with Gasteiger partial charge in [0.2, 0.25) is 0 Å². The molecule has 0 aliphatic rings. The molecule has 0 radical (unpaired) electrons. The number of hydrogen-bond donors (Lipinski definition) is 2. The summed E-state index contributed by atoms with van der Waals surface area (Å²) in [6, 6.07) is 6.62. The summed E-state index contributed by atoms with van der Waals surface area (Å²) in [6.45, 7) is 2.83. The van der Waals surface area contributed by atoms with Crippen molar-refractivity contribution in [2.24, 2.45) is 7.05 Å². The van der Waals surface area contributed by atoms with Gasteiger partial charge in [-0.05, 0) is 30.7 Å². The second-order valence-electron chi connectivity index (χ2n) is 5.90. The van der Waals surface area contributed by atoms with Crippen LogP contribution in [0.1, 0.15) is 37.2 Å². The van der Waals surface area contributed by atoms with E-state index < -0.39 is 0 Å². The molecule has 24 heavy (non-hydrogen) atoms. The molecule has 3 aromatic rings. The number of hydrogen-bond acceptors (Lipinski definition) is 3. The number of benzene rings is 1. The van der Waals surface area contributed by atoms with Crippen LogP contribution in [0.25, 0.3) is 11.3 Å². The van der Waals surface area contributed by atoms with Crippen LogP contribution in [0.15, 0.2) is 42.9 Å². The Morgan fingerprint density at radius 3 is 2.75 bits per heavy atom. The smallest absolute Gasteiger partial charge is 0.125 e. The first-order chi connectivity index (χ1) is 11.7. The molecule has 0 unspecified atom stereocenters. The molecule has 2 N–H and O–H groups in total. The Balaban J connectivity index is 1.75. The normalized spacial score (nSPS) is 12.5. The summed E-state index contributed by atoms with van der Waals surface area (Å²) in [5, 5.41) is 10.7. The van der Waals surface area contributed by atoms with Gasteiger partial charge in [0.25, 0.3) is 0 Å². The summed E-state index contributed by atoms with van der Waals surface area (Å²) in [4.78, 5) is 4.46. The van der Waals surface area contributed by atoms with E-state index in [2.05, 4.69) is 27.4 Å². The Kier molecular flexibility index (Phi) is 5.05. The highest BCUT2D eigenvalue weighted by molar-refractivity contribution is 5.62. The van der Waals surface area contributed by atoms with E-state index >= 15 is 0 Å². The van der Waals surface area contributed by atoms with Crippen molar-refractivity contribution in [1.82, 2.24) is 25.1 Å². The van der Waals surface area contributed by atoms with Crippen LogP contribution in [0.5, 0.6) is 0 Å². The molecule has 5 nitrogen and oxygen atoms in total. The first kappa shape index (κ1) is 16.4. The van der Waals surface area contributed by atoms with Gasteiger partial charge in [-0.3, -0.25) is 5.10 Å². The van der Waals surface area contributed by atoms with Gasteiger partial charge in [-0.15, -0.1) is 0 Å². The largest absolute Gasteiger partial charge is 0.337 e. The van der Waals surface area contributed by atoms with Crippen molar-refractivity contribution in [3.05, 3.63) is 60.1 Å². The van der Waals surface area contributed by atoms with Crippen LogP contribution in [0.2, 0.25) is 0 Å². The number of rotatable bonds is 7. The number of halogens is 1. The fourth-order valence-corrected chi connectivity index (χ4v) is 2.87. The molecule has 3 rings (SSSR count). The maximum Gasteiger partial charge on any atom is 0.125 e. The van der Waals surface area contributed by atoms with Gasteiger partial charge in [-0.25, -0.2) is 9.37 Å². The summed E-state index contributed by atoms with van der Waals surface area (Å²) < 4.78 is 15.2. The Hall–Kier alpha value is -2.47. The predicted octanol–water partition coefficient (Wildman–Crippen LogP) is 3.58. The fraction of sp³-hybridized carbons (Fsp3) is 0.333. The minimum absolute atomic E-state index is 0.186. The van der Waals surface area contributed by atoms with Crippen molar-refractivity contribution in [3.8, 4) is 11.3 Å². The Morgan fingerprint density at radius 2 is 2.08 bits per heavy atom. The van der Waals surface area contributed by atoms with E-state index in [0.717, 1.165) is 35.5 Å². The average Bonchev–Trinajstić information content (AvgIpc) is 3.21. The highest BCUT2D eigenvalue weighted by Gasteiger charge is 2.16. The molecule has 1 aromatic carbocycles. The summed E-state index contributed by atoms with van der Waals surface area (Å²) in [5.41, 5.74) is 2.89. The lowest BCUT2D eigenvalue weighted by Gasteiger charge is -2.18. The van der Waals surface area contributed by atoms with Crippen molar-refractivity contribution in [3.63, 3.8) is 0 Å². The van der Waals surface area contributed by atoms with Gasteiger partial charge in [0, 0.05) is 37.1 Å². The highest BCUT2D eigenvalue weighted by atomic mass is 19.1. The van der Waals surface area contributed by atoms with Crippen molar-refractivity contribution >= 4 is 0 Å². The lowest BCUT2D eigenvalue weighted by molar-refractivity contribution is 0.460. The van der Waals surface area contributed by atoms with E-state index in [1.807, 2.05) is 30.2 Å². The Morgan fingerprint density at radius 1 is 1.29 bits per heavy atom. The zero-order valence-corrected chi connectivity index (χ0v) is 14.0. The number of imidazole rings is 1. The fourth-order valence-electron chi connectivity index (χ4n) is 2.87. The van der Waals surface area contributed by atoms with Crippen molar-refractivity contribution in [2.75, 3.05) is 0 Å². The van der Waals surface area contributed by atoms with Crippen LogP contribution >= 0.6 is 0 Å². The number of nitrogens with zero attached hydrogens (tertiary/aromatic N) is 3. The van der Waals surface area contributed by atoms with E-state index in [1.165, 1.54) is 12.1 Å². The SMILES string of the molecule is CCC[C@H](NCc1cn[nH]c1-c1ccc(F)cc1)c1nccn1C. The van der Waals surface area contributed by atoms with Crippen LogP contribution in [-0.4, -0.2) is 19.7 Å². The molecule has 0 fully saturated rings. The Labute approximate surface area is 140 Å². The van der Waals surface area contributed by atoms with E-state index in [4.69, 9.17) is 0 Å². The van der Waals surface area contributed by atoms with Crippen LogP contribution < -0.4 is 5.32 Å². The van der Waals surface area contributed by atoms with Gasteiger partial charge in [0.05, 0.1) is 17.9 Å². The summed E-state index contributed by atoms with van der Waals surface area (Å²) in [7, 11) is 2.01. The zero-order chi connectivity index (χ0) is 16.9.